The predicted octanol–water partition coefficient (Wildman–Crippen LogP) is -0.922. The van der Waals surface area contributed by atoms with E-state index in [0.29, 0.717) is 18.7 Å². The highest BCUT2D eigenvalue weighted by molar-refractivity contribution is 6.25. The number of hydrogen-bond donors (Lipinski definition) is 3. The summed E-state index contributed by atoms with van der Waals surface area (Å²) in [6.07, 6.45) is -0.188. The Morgan fingerprint density at radius 1 is 1.41 bits per heavy atom. The maximum atomic E-state index is 13.2. The summed E-state index contributed by atoms with van der Waals surface area (Å²) in [6.45, 7) is 4.34. The first kappa shape index (κ1) is 18.0. The minimum absolute atomic E-state index is 0.104. The van der Waals surface area contributed by atoms with Crippen LogP contribution < -0.4 is 11.1 Å². The normalized spacial score (nSPS) is 36.7. The van der Waals surface area contributed by atoms with E-state index in [1.807, 2.05) is 18.9 Å². The van der Waals surface area contributed by atoms with Crippen LogP contribution in [0.15, 0.2) is 22.5 Å². The van der Waals surface area contributed by atoms with Crippen LogP contribution in [0.2, 0.25) is 0 Å². The largest absolute Gasteiger partial charge is 0.449 e. The first-order valence-electron chi connectivity index (χ1n) is 9.17. The first-order valence-corrected chi connectivity index (χ1v) is 9.17. The molecule has 9 heteroatoms. The van der Waals surface area contributed by atoms with Crippen LogP contribution in [-0.4, -0.2) is 77.1 Å². The van der Waals surface area contributed by atoms with Crippen LogP contribution in [0.3, 0.4) is 0 Å². The van der Waals surface area contributed by atoms with Crippen LogP contribution in [0.25, 0.3) is 0 Å². The number of piperazine rings is 1. The highest BCUT2D eigenvalue weighted by Crippen LogP contribution is 2.57. The van der Waals surface area contributed by atoms with Crippen LogP contribution in [0.5, 0.6) is 0 Å². The zero-order valence-corrected chi connectivity index (χ0v) is 15.6. The van der Waals surface area contributed by atoms with E-state index in [1.165, 1.54) is 0 Å². The molecule has 27 heavy (non-hydrogen) atoms. The van der Waals surface area contributed by atoms with Crippen LogP contribution in [-0.2, 0) is 14.3 Å². The summed E-state index contributed by atoms with van der Waals surface area (Å²) in [5.41, 5.74) is 4.70. The van der Waals surface area contributed by atoms with E-state index in [2.05, 4.69) is 5.32 Å². The van der Waals surface area contributed by atoms with Gasteiger partial charge in [0, 0.05) is 30.3 Å². The van der Waals surface area contributed by atoms with Gasteiger partial charge in [0.25, 0.3) is 0 Å². The Hall–Kier alpha value is -2.39. The molecule has 4 rings (SSSR count). The molecule has 4 N–H and O–H groups in total. The van der Waals surface area contributed by atoms with Crippen LogP contribution >= 0.6 is 0 Å². The lowest BCUT2D eigenvalue weighted by Gasteiger charge is -2.37. The fourth-order valence-corrected chi connectivity index (χ4v) is 4.84. The molecule has 2 fully saturated rings. The van der Waals surface area contributed by atoms with Gasteiger partial charge in [-0.15, -0.1) is 0 Å². The number of primary amides is 1. The number of allylic oxidation sites excluding steroid dienone is 2. The average Bonchev–Trinajstić information content (AvgIpc) is 3.02. The number of fused-ring (bicyclic) bond motifs is 4. The van der Waals surface area contributed by atoms with Crippen molar-refractivity contribution in [3.63, 3.8) is 0 Å². The van der Waals surface area contributed by atoms with Gasteiger partial charge in [-0.25, -0.2) is 4.79 Å². The summed E-state index contributed by atoms with van der Waals surface area (Å²) in [7, 11) is 1.88. The van der Waals surface area contributed by atoms with Crippen molar-refractivity contribution in [2.45, 2.75) is 38.1 Å². The van der Waals surface area contributed by atoms with Gasteiger partial charge < -0.3 is 25.8 Å². The Kier molecular flexibility index (Phi) is 3.87. The van der Waals surface area contributed by atoms with Crippen LogP contribution in [0.4, 0.5) is 4.79 Å². The van der Waals surface area contributed by atoms with Gasteiger partial charge in [0.1, 0.15) is 6.61 Å². The number of likely N-dealkylation sites (N-methyl/N-ethyl adjacent to an activating group) is 1. The Labute approximate surface area is 156 Å². The van der Waals surface area contributed by atoms with Gasteiger partial charge in [-0.2, -0.15) is 0 Å². The summed E-state index contributed by atoms with van der Waals surface area (Å²) in [4.78, 5) is 41.1. The summed E-state index contributed by atoms with van der Waals surface area (Å²) in [6, 6.07) is -0.121. The number of ether oxygens (including phenoxy) is 1. The zero-order valence-electron chi connectivity index (χ0n) is 15.6. The molecule has 0 saturated carbocycles. The number of nitrogens with one attached hydrogen (secondary N) is 1. The number of aliphatic hydroxyl groups is 1. The molecule has 0 spiro atoms. The van der Waals surface area contributed by atoms with Crippen molar-refractivity contribution < 1.29 is 24.2 Å². The molecular formula is C18H24N4O5. The van der Waals surface area contributed by atoms with Gasteiger partial charge in [-0.1, -0.05) is 6.92 Å². The number of carbonyl (C=O) groups excluding carboxylic acids is 3. The van der Waals surface area contributed by atoms with Crippen molar-refractivity contribution in [1.29, 1.82) is 0 Å². The lowest BCUT2D eigenvalue weighted by Crippen LogP contribution is -2.53. The van der Waals surface area contributed by atoms with Gasteiger partial charge in [0.05, 0.1) is 23.4 Å². The maximum Gasteiger partial charge on any atom is 0.404 e. The first-order chi connectivity index (χ1) is 12.7. The Balaban J connectivity index is 1.77. The topological polar surface area (TPSA) is 125 Å². The van der Waals surface area contributed by atoms with Crippen molar-refractivity contribution in [3.05, 3.63) is 22.5 Å². The number of nitrogens with two attached hydrogens (primary N) is 1. The third-order valence-electron chi connectivity index (χ3n) is 6.21. The number of ketones is 2. The molecule has 3 heterocycles. The van der Waals surface area contributed by atoms with Gasteiger partial charge in [0.2, 0.25) is 11.6 Å². The molecule has 0 aromatic carbocycles. The average molecular weight is 376 g/mol. The molecule has 4 aliphatic rings. The summed E-state index contributed by atoms with van der Waals surface area (Å²) in [5, 5.41) is 14.6. The smallest absolute Gasteiger partial charge is 0.404 e. The highest BCUT2D eigenvalue weighted by Gasteiger charge is 2.74. The lowest BCUT2D eigenvalue weighted by molar-refractivity contribution is -0.126. The van der Waals surface area contributed by atoms with E-state index in [1.54, 1.807) is 11.8 Å². The lowest BCUT2D eigenvalue weighted by atomic mass is 9.82. The molecule has 5 atom stereocenters. The Morgan fingerprint density at radius 2 is 2.11 bits per heavy atom. The zero-order chi connectivity index (χ0) is 19.7. The number of rotatable bonds is 5. The molecule has 0 bridgehead atoms. The van der Waals surface area contributed by atoms with Gasteiger partial charge in [-0.3, -0.25) is 14.5 Å². The van der Waals surface area contributed by atoms with Gasteiger partial charge >= 0.3 is 6.09 Å². The van der Waals surface area contributed by atoms with Crippen molar-refractivity contribution >= 4 is 17.7 Å². The van der Waals surface area contributed by atoms with E-state index >= 15 is 0 Å². The van der Waals surface area contributed by atoms with E-state index < -0.39 is 17.7 Å². The molecule has 9 nitrogen and oxygen atoms in total. The number of nitrogens with zero attached hydrogens (tertiary/aromatic N) is 2. The van der Waals surface area contributed by atoms with Gasteiger partial charge in [0.15, 0.2) is 5.72 Å². The SMILES string of the molecule is CCCNC1=C(C)C(=O)C2=C(C1=O)[C@@H](COC(N)=O)[C@]1(O)[C@H]3[C@@H](CN21)N3C. The Bertz CT molecular complexity index is 819. The quantitative estimate of drug-likeness (QED) is 0.416. The highest BCUT2D eigenvalue weighted by atomic mass is 16.5. The van der Waals surface area contributed by atoms with Crippen LogP contribution in [0.1, 0.15) is 20.3 Å². The summed E-state index contributed by atoms with van der Waals surface area (Å²) < 4.78 is 4.98. The monoisotopic (exact) mass is 376 g/mol. The van der Waals surface area contributed by atoms with Gasteiger partial charge in [-0.05, 0) is 20.4 Å². The number of hydrogen-bond acceptors (Lipinski definition) is 8. The second-order valence-corrected chi connectivity index (χ2v) is 7.60. The van der Waals surface area contributed by atoms with Crippen molar-refractivity contribution in [1.82, 2.24) is 15.1 Å². The van der Waals surface area contributed by atoms with Crippen molar-refractivity contribution in [3.8, 4) is 0 Å². The van der Waals surface area contributed by atoms with E-state index in [9.17, 15) is 19.5 Å². The molecule has 0 radical (unpaired) electrons. The molecule has 0 aromatic heterocycles. The number of amides is 1. The fraction of sp³-hybridized carbons (Fsp3) is 0.611. The van der Waals surface area contributed by atoms with Crippen molar-refractivity contribution in [2.24, 2.45) is 11.7 Å². The summed E-state index contributed by atoms with van der Waals surface area (Å²) >= 11 is 0. The molecular weight excluding hydrogens is 352 g/mol. The molecule has 146 valence electrons. The van der Waals surface area contributed by atoms with E-state index in [0.717, 1.165) is 6.42 Å². The number of Topliss-reactive ketones (excluding diaryl/α,β-unsaturated/α-hetero) is 2. The van der Waals surface area contributed by atoms with E-state index in [4.69, 9.17) is 10.5 Å². The maximum absolute atomic E-state index is 13.2. The molecule has 1 aliphatic carbocycles. The third-order valence-corrected chi connectivity index (χ3v) is 6.21. The minimum atomic E-state index is -1.47. The fourth-order valence-electron chi connectivity index (χ4n) is 4.84. The van der Waals surface area contributed by atoms with E-state index in [-0.39, 0.29) is 47.2 Å². The number of carbonyl (C=O) groups is 3. The Morgan fingerprint density at radius 3 is 2.74 bits per heavy atom. The molecule has 1 amide bonds. The summed E-state index contributed by atoms with van der Waals surface area (Å²) in [5.74, 6) is -1.42. The molecule has 3 aliphatic heterocycles. The predicted molar refractivity (Wildman–Crippen MR) is 94.1 cm³/mol. The molecule has 2 saturated heterocycles. The second kappa shape index (κ2) is 5.80. The minimum Gasteiger partial charge on any atom is -0.449 e. The molecule has 1 unspecified atom stereocenters. The standard InChI is InChI=1S/C18H24N4O5/c1-4-5-20-12-8(2)14(23)13-11(15(12)24)9(7-27-17(19)25)18(26)16-10(21(16)3)6-22(13)18/h9-10,16,20,26H,4-7H2,1-3H3,(H2,19,25)/t9-,10-,16-,18+,21?/m1/s1. The van der Waals surface area contributed by atoms with Crippen LogP contribution in [0, 0.1) is 5.92 Å². The third kappa shape index (κ3) is 2.21. The second-order valence-electron chi connectivity index (χ2n) is 7.60. The molecule has 0 aromatic rings. The van der Waals surface area contributed by atoms with Crippen molar-refractivity contribution in [2.75, 3.05) is 26.7 Å².